The van der Waals surface area contributed by atoms with Gasteiger partial charge in [-0.25, -0.2) is 4.39 Å². The minimum absolute atomic E-state index is 0.302. The van der Waals surface area contributed by atoms with Crippen molar-refractivity contribution in [2.24, 2.45) is 0 Å². The fraction of sp³-hybridized carbons (Fsp3) is 0. The first-order valence-electron chi connectivity index (χ1n) is 7.76. The molecule has 0 aliphatic carbocycles. The molecule has 0 saturated heterocycles. The van der Waals surface area contributed by atoms with Gasteiger partial charge < -0.3 is 4.74 Å². The van der Waals surface area contributed by atoms with Crippen molar-refractivity contribution < 1.29 is 9.13 Å². The fourth-order valence-corrected chi connectivity index (χ4v) is 3.08. The van der Waals surface area contributed by atoms with E-state index in [9.17, 15) is 4.39 Å². The standard InChI is InChI=1S/C20H11Cl2FN2O/c21-13-7-10-18(17(22)11-13)26-20-16-4-2-1-3-15(16)19(24-25-20)12-5-8-14(23)9-6-12/h1-11H. The van der Waals surface area contributed by atoms with E-state index in [1.165, 1.54) is 12.1 Å². The number of hydrogen-bond donors (Lipinski definition) is 0. The van der Waals surface area contributed by atoms with Gasteiger partial charge in [-0.2, -0.15) is 0 Å². The van der Waals surface area contributed by atoms with Crippen LogP contribution in [-0.2, 0) is 0 Å². The summed E-state index contributed by atoms with van der Waals surface area (Å²) in [4.78, 5) is 0. The molecule has 3 aromatic carbocycles. The lowest BCUT2D eigenvalue weighted by molar-refractivity contribution is 0.462. The van der Waals surface area contributed by atoms with Crippen LogP contribution >= 0.6 is 23.2 Å². The predicted octanol–water partition coefficient (Wildman–Crippen LogP) is 6.54. The van der Waals surface area contributed by atoms with Crippen LogP contribution in [0.2, 0.25) is 10.0 Å². The normalized spacial score (nSPS) is 10.9. The van der Waals surface area contributed by atoms with Gasteiger partial charge in [-0.1, -0.05) is 41.4 Å². The van der Waals surface area contributed by atoms with Crippen LogP contribution in [0.5, 0.6) is 11.6 Å². The summed E-state index contributed by atoms with van der Waals surface area (Å²) in [5, 5.41) is 11.0. The van der Waals surface area contributed by atoms with Crippen molar-refractivity contribution in [1.82, 2.24) is 10.2 Å². The Hall–Kier alpha value is -2.69. The number of halogens is 3. The third-order valence-corrected chi connectivity index (χ3v) is 4.40. The van der Waals surface area contributed by atoms with Gasteiger partial charge in [0.25, 0.3) is 0 Å². The molecule has 26 heavy (non-hydrogen) atoms. The summed E-state index contributed by atoms with van der Waals surface area (Å²) in [6, 6.07) is 18.7. The number of nitrogens with zero attached hydrogens (tertiary/aromatic N) is 2. The van der Waals surface area contributed by atoms with E-state index >= 15 is 0 Å². The fourth-order valence-electron chi connectivity index (χ4n) is 2.64. The molecular formula is C20H11Cl2FN2O. The first-order chi connectivity index (χ1) is 12.6. The van der Waals surface area contributed by atoms with E-state index in [-0.39, 0.29) is 5.82 Å². The van der Waals surface area contributed by atoms with Crippen molar-refractivity contribution in [2.45, 2.75) is 0 Å². The van der Waals surface area contributed by atoms with Crippen LogP contribution in [0.1, 0.15) is 0 Å². The lowest BCUT2D eigenvalue weighted by atomic mass is 10.1. The Morgan fingerprint density at radius 2 is 1.54 bits per heavy atom. The molecule has 128 valence electrons. The molecule has 0 unspecified atom stereocenters. The molecule has 0 aliphatic heterocycles. The summed E-state index contributed by atoms with van der Waals surface area (Å²) in [6.45, 7) is 0. The average molecular weight is 385 g/mol. The highest BCUT2D eigenvalue weighted by Gasteiger charge is 2.14. The van der Waals surface area contributed by atoms with Crippen LogP contribution in [0.3, 0.4) is 0 Å². The molecule has 4 aromatic rings. The maximum atomic E-state index is 13.2. The Morgan fingerprint density at radius 1 is 0.808 bits per heavy atom. The van der Waals surface area contributed by atoms with Crippen LogP contribution in [0.4, 0.5) is 4.39 Å². The Labute approximate surface area is 159 Å². The third-order valence-electron chi connectivity index (χ3n) is 3.87. The molecular weight excluding hydrogens is 374 g/mol. The number of aromatic nitrogens is 2. The summed E-state index contributed by atoms with van der Waals surface area (Å²) < 4.78 is 19.1. The molecule has 0 radical (unpaired) electrons. The smallest absolute Gasteiger partial charge is 0.246 e. The largest absolute Gasteiger partial charge is 0.435 e. The molecule has 0 saturated carbocycles. The first-order valence-corrected chi connectivity index (χ1v) is 8.52. The van der Waals surface area contributed by atoms with Gasteiger partial charge in [-0.15, -0.1) is 10.2 Å². The van der Waals surface area contributed by atoms with Gasteiger partial charge in [0.1, 0.15) is 17.3 Å². The molecule has 4 rings (SSSR count). The van der Waals surface area contributed by atoms with Crippen LogP contribution in [-0.4, -0.2) is 10.2 Å². The van der Waals surface area contributed by atoms with E-state index in [0.29, 0.717) is 27.4 Å². The highest BCUT2D eigenvalue weighted by Crippen LogP contribution is 2.36. The lowest BCUT2D eigenvalue weighted by Gasteiger charge is -2.11. The SMILES string of the molecule is Fc1ccc(-c2nnc(Oc3ccc(Cl)cc3Cl)c3ccccc23)cc1. The Balaban J connectivity index is 1.83. The van der Waals surface area contributed by atoms with E-state index in [2.05, 4.69) is 10.2 Å². The van der Waals surface area contributed by atoms with Gasteiger partial charge in [0.2, 0.25) is 5.88 Å². The van der Waals surface area contributed by atoms with E-state index in [0.717, 1.165) is 16.3 Å². The van der Waals surface area contributed by atoms with Crippen molar-refractivity contribution in [3.05, 3.63) is 82.6 Å². The van der Waals surface area contributed by atoms with Gasteiger partial charge in [-0.05, 0) is 48.5 Å². The molecule has 1 aromatic heterocycles. The third kappa shape index (κ3) is 3.21. The number of hydrogen-bond acceptors (Lipinski definition) is 3. The van der Waals surface area contributed by atoms with Gasteiger partial charge in [0, 0.05) is 21.4 Å². The van der Waals surface area contributed by atoms with Crippen molar-refractivity contribution in [1.29, 1.82) is 0 Å². The number of ether oxygens (including phenoxy) is 1. The summed E-state index contributed by atoms with van der Waals surface area (Å²) in [6.07, 6.45) is 0. The van der Waals surface area contributed by atoms with E-state index in [1.807, 2.05) is 24.3 Å². The van der Waals surface area contributed by atoms with E-state index in [1.54, 1.807) is 30.3 Å². The second kappa shape index (κ2) is 6.90. The molecule has 0 atom stereocenters. The second-order valence-electron chi connectivity index (χ2n) is 5.58. The monoisotopic (exact) mass is 384 g/mol. The maximum Gasteiger partial charge on any atom is 0.246 e. The zero-order valence-electron chi connectivity index (χ0n) is 13.3. The molecule has 6 heteroatoms. The van der Waals surface area contributed by atoms with Crippen LogP contribution < -0.4 is 4.74 Å². The Bertz CT molecular complexity index is 1100. The van der Waals surface area contributed by atoms with Crippen molar-refractivity contribution in [3.8, 4) is 22.9 Å². The second-order valence-corrected chi connectivity index (χ2v) is 6.43. The summed E-state index contributed by atoms with van der Waals surface area (Å²) in [5.74, 6) is 0.462. The number of benzene rings is 3. The lowest BCUT2D eigenvalue weighted by Crippen LogP contribution is -1.96. The minimum atomic E-state index is -0.302. The van der Waals surface area contributed by atoms with Gasteiger partial charge in [-0.3, -0.25) is 0 Å². The molecule has 0 spiro atoms. The number of fused-ring (bicyclic) bond motifs is 1. The van der Waals surface area contributed by atoms with E-state index in [4.69, 9.17) is 27.9 Å². The zero-order valence-corrected chi connectivity index (χ0v) is 14.8. The predicted molar refractivity (Wildman–Crippen MR) is 101 cm³/mol. The molecule has 1 heterocycles. The Morgan fingerprint density at radius 3 is 2.27 bits per heavy atom. The summed E-state index contributed by atoms with van der Waals surface area (Å²) in [7, 11) is 0. The van der Waals surface area contributed by atoms with Crippen LogP contribution in [0, 0.1) is 5.82 Å². The topological polar surface area (TPSA) is 35.0 Å². The van der Waals surface area contributed by atoms with Crippen molar-refractivity contribution in [3.63, 3.8) is 0 Å². The highest BCUT2D eigenvalue weighted by atomic mass is 35.5. The van der Waals surface area contributed by atoms with Crippen LogP contribution in [0.25, 0.3) is 22.0 Å². The quantitative estimate of drug-likeness (QED) is 0.402. The van der Waals surface area contributed by atoms with Gasteiger partial charge in [0.15, 0.2) is 0 Å². The van der Waals surface area contributed by atoms with Gasteiger partial charge in [0.05, 0.1) is 5.02 Å². The minimum Gasteiger partial charge on any atom is -0.435 e. The van der Waals surface area contributed by atoms with E-state index < -0.39 is 0 Å². The highest BCUT2D eigenvalue weighted by molar-refractivity contribution is 6.35. The number of rotatable bonds is 3. The zero-order chi connectivity index (χ0) is 18.1. The maximum absolute atomic E-state index is 13.2. The molecule has 0 aliphatic rings. The molecule has 0 N–H and O–H groups in total. The molecule has 0 bridgehead atoms. The van der Waals surface area contributed by atoms with Crippen LogP contribution in [0.15, 0.2) is 66.7 Å². The van der Waals surface area contributed by atoms with Crippen molar-refractivity contribution in [2.75, 3.05) is 0 Å². The summed E-state index contributed by atoms with van der Waals surface area (Å²) >= 11 is 12.1. The molecule has 3 nitrogen and oxygen atoms in total. The van der Waals surface area contributed by atoms with Gasteiger partial charge >= 0.3 is 0 Å². The van der Waals surface area contributed by atoms with Crippen molar-refractivity contribution >= 4 is 34.0 Å². The molecule has 0 fully saturated rings. The summed E-state index contributed by atoms with van der Waals surface area (Å²) in [5.41, 5.74) is 1.42. The average Bonchev–Trinajstić information content (AvgIpc) is 2.65. The molecule has 0 amide bonds. The first kappa shape index (κ1) is 16.8. The Kier molecular flexibility index (Phi) is 4.45.